The van der Waals surface area contributed by atoms with Gasteiger partial charge in [-0.25, -0.2) is 4.98 Å². The van der Waals surface area contributed by atoms with E-state index in [9.17, 15) is 4.79 Å². The van der Waals surface area contributed by atoms with Crippen molar-refractivity contribution in [2.45, 2.75) is 6.92 Å². The Morgan fingerprint density at radius 1 is 1.38 bits per heavy atom. The Labute approximate surface area is 75.8 Å². The molecule has 0 saturated carbocycles. The maximum absolute atomic E-state index is 11.3. The number of hydrogen-bond donors (Lipinski definition) is 1. The van der Waals surface area contributed by atoms with Gasteiger partial charge in [-0.3, -0.25) is 4.79 Å². The fourth-order valence-electron chi connectivity index (χ4n) is 1.27. The van der Waals surface area contributed by atoms with E-state index in [-0.39, 0.29) is 5.56 Å². The number of nitrogens with zero attached hydrogens (tertiary/aromatic N) is 1. The minimum Gasteiger partial charge on any atom is -0.313 e. The molecule has 1 unspecified atom stereocenters. The Morgan fingerprint density at radius 2 is 2.15 bits per heavy atom. The van der Waals surface area contributed by atoms with Gasteiger partial charge in [-0.05, 0) is 12.0 Å². The average Bonchev–Trinajstić information content (AvgIpc) is 2.30. The molecule has 0 saturated heterocycles. The fraction of sp³-hybridized carbons (Fsp3) is 0.200. The van der Waals surface area contributed by atoms with Crippen molar-refractivity contribution in [1.82, 2.24) is 9.97 Å². The van der Waals surface area contributed by atoms with E-state index in [1.807, 2.05) is 24.3 Å². The van der Waals surface area contributed by atoms with Gasteiger partial charge in [0.05, 0.1) is 17.6 Å². The highest BCUT2D eigenvalue weighted by Gasteiger charge is 2.05. The van der Waals surface area contributed by atoms with Crippen molar-refractivity contribution < 1.29 is 0 Å². The van der Waals surface area contributed by atoms with Gasteiger partial charge in [0, 0.05) is 0 Å². The number of rotatable bonds is 0. The summed E-state index contributed by atoms with van der Waals surface area (Å²) in [4.78, 5) is 18.0. The van der Waals surface area contributed by atoms with Crippen LogP contribution in [0.3, 0.4) is 0 Å². The van der Waals surface area contributed by atoms with E-state index in [4.69, 9.17) is 0 Å². The van der Waals surface area contributed by atoms with Crippen LogP contribution in [0.15, 0.2) is 23.3 Å². The van der Waals surface area contributed by atoms with Gasteiger partial charge in [0.2, 0.25) is 0 Å². The lowest BCUT2D eigenvalue weighted by molar-refractivity contribution is 0.953. The zero-order valence-electron chi connectivity index (χ0n) is 7.32. The van der Waals surface area contributed by atoms with Crippen LogP contribution in [-0.2, 0) is 0 Å². The molecule has 1 aromatic heterocycles. The third-order valence-electron chi connectivity index (χ3n) is 2.04. The topological polar surface area (TPSA) is 45.8 Å². The van der Waals surface area contributed by atoms with Crippen LogP contribution in [0.25, 0.3) is 12.2 Å². The van der Waals surface area contributed by atoms with Crippen molar-refractivity contribution in [2.75, 3.05) is 0 Å². The molecule has 0 fully saturated rings. The lowest BCUT2D eigenvalue weighted by Crippen LogP contribution is -2.11. The first kappa shape index (κ1) is 7.98. The Hall–Kier alpha value is -1.64. The highest BCUT2D eigenvalue weighted by molar-refractivity contribution is 5.64. The average molecular weight is 174 g/mol. The number of fused-ring (bicyclic) bond motifs is 1. The molecular formula is C10H10N2O. The highest BCUT2D eigenvalue weighted by Crippen LogP contribution is 2.13. The third kappa shape index (κ3) is 1.45. The van der Waals surface area contributed by atoms with E-state index in [2.05, 4.69) is 16.9 Å². The smallest absolute Gasteiger partial charge is 0.258 e. The predicted molar refractivity (Wildman–Crippen MR) is 52.1 cm³/mol. The van der Waals surface area contributed by atoms with Crippen molar-refractivity contribution >= 4 is 12.2 Å². The molecule has 3 nitrogen and oxygen atoms in total. The summed E-state index contributed by atoms with van der Waals surface area (Å²) >= 11 is 0. The third-order valence-corrected chi connectivity index (χ3v) is 2.04. The Morgan fingerprint density at radius 3 is 3.00 bits per heavy atom. The molecule has 0 spiro atoms. The zero-order chi connectivity index (χ0) is 9.26. The molecule has 2 rings (SSSR count). The number of hydrogen-bond acceptors (Lipinski definition) is 2. The maximum Gasteiger partial charge on any atom is 0.258 e. The molecule has 0 radical (unpaired) electrons. The monoisotopic (exact) mass is 174 g/mol. The first-order chi connectivity index (χ1) is 6.27. The Kier molecular flexibility index (Phi) is 1.85. The molecule has 13 heavy (non-hydrogen) atoms. The quantitative estimate of drug-likeness (QED) is 0.647. The van der Waals surface area contributed by atoms with Crippen molar-refractivity contribution in [1.29, 1.82) is 0 Å². The predicted octanol–water partition coefficient (Wildman–Crippen LogP) is 1.45. The second kappa shape index (κ2) is 3.01. The number of aromatic nitrogens is 2. The minimum absolute atomic E-state index is 0.0833. The summed E-state index contributed by atoms with van der Waals surface area (Å²) in [7, 11) is 0. The van der Waals surface area contributed by atoms with Crippen molar-refractivity contribution in [2.24, 2.45) is 5.92 Å². The van der Waals surface area contributed by atoms with Crippen LogP contribution in [0.5, 0.6) is 0 Å². The highest BCUT2D eigenvalue weighted by atomic mass is 16.1. The lowest BCUT2D eigenvalue weighted by Gasteiger charge is -1.94. The summed E-state index contributed by atoms with van der Waals surface area (Å²) in [5.74, 6) is 0.355. The number of nitrogens with one attached hydrogen (secondary N) is 1. The second-order valence-corrected chi connectivity index (χ2v) is 3.11. The van der Waals surface area contributed by atoms with E-state index in [1.54, 1.807) is 0 Å². The number of allylic oxidation sites excluding steroid dienone is 2. The van der Waals surface area contributed by atoms with Crippen LogP contribution in [0, 0.1) is 5.92 Å². The Bertz CT molecular complexity index is 429. The first-order valence-electron chi connectivity index (χ1n) is 4.21. The molecule has 1 heterocycles. The molecule has 0 bridgehead atoms. The number of aromatic amines is 1. The fourth-order valence-corrected chi connectivity index (χ4v) is 1.27. The van der Waals surface area contributed by atoms with Crippen LogP contribution in [-0.4, -0.2) is 9.97 Å². The standard InChI is InChI=1S/C10H10N2O/c1-7-2-4-8-9(5-3-7)11-6-12-10(8)13/h2-7H,1H3,(H,11,12,13). The van der Waals surface area contributed by atoms with Gasteiger partial charge in [-0.15, -0.1) is 0 Å². The summed E-state index contributed by atoms with van der Waals surface area (Å²) < 4.78 is 0. The SMILES string of the molecule is CC1C=Cc2nc[nH]c(=O)c2C=C1. The molecule has 1 atom stereocenters. The van der Waals surface area contributed by atoms with Crippen LogP contribution in [0.2, 0.25) is 0 Å². The van der Waals surface area contributed by atoms with Gasteiger partial charge in [-0.2, -0.15) is 0 Å². The van der Waals surface area contributed by atoms with Crippen LogP contribution >= 0.6 is 0 Å². The van der Waals surface area contributed by atoms with Gasteiger partial charge < -0.3 is 4.98 Å². The van der Waals surface area contributed by atoms with Gasteiger partial charge in [-0.1, -0.05) is 25.2 Å². The largest absolute Gasteiger partial charge is 0.313 e. The normalized spacial score (nSPS) is 19.6. The summed E-state index contributed by atoms with van der Waals surface area (Å²) in [6.07, 6.45) is 9.14. The lowest BCUT2D eigenvalue weighted by atomic mass is 10.2. The molecule has 66 valence electrons. The van der Waals surface area contributed by atoms with Crippen LogP contribution in [0.4, 0.5) is 0 Å². The summed E-state index contributed by atoms with van der Waals surface area (Å²) in [6, 6.07) is 0. The zero-order valence-corrected chi connectivity index (χ0v) is 7.32. The van der Waals surface area contributed by atoms with Crippen molar-refractivity contribution in [3.05, 3.63) is 40.1 Å². The van der Waals surface area contributed by atoms with Gasteiger partial charge in [0.15, 0.2) is 0 Å². The minimum atomic E-state index is -0.0833. The molecule has 0 aliphatic heterocycles. The second-order valence-electron chi connectivity index (χ2n) is 3.11. The van der Waals surface area contributed by atoms with E-state index in [0.717, 1.165) is 5.69 Å². The molecule has 1 aliphatic carbocycles. The number of H-pyrrole nitrogens is 1. The molecule has 1 N–H and O–H groups in total. The van der Waals surface area contributed by atoms with Crippen molar-refractivity contribution in [3.8, 4) is 0 Å². The van der Waals surface area contributed by atoms with Gasteiger partial charge in [0.25, 0.3) is 5.56 Å². The van der Waals surface area contributed by atoms with Gasteiger partial charge in [0.1, 0.15) is 0 Å². The molecule has 0 aromatic carbocycles. The molecule has 1 aromatic rings. The molecule has 3 heteroatoms. The van der Waals surface area contributed by atoms with Gasteiger partial charge >= 0.3 is 0 Å². The van der Waals surface area contributed by atoms with E-state index in [1.165, 1.54) is 6.33 Å². The van der Waals surface area contributed by atoms with E-state index < -0.39 is 0 Å². The Balaban J connectivity index is 2.66. The molecule has 0 amide bonds. The van der Waals surface area contributed by atoms with Crippen LogP contribution < -0.4 is 5.56 Å². The van der Waals surface area contributed by atoms with E-state index in [0.29, 0.717) is 11.5 Å². The maximum atomic E-state index is 11.3. The van der Waals surface area contributed by atoms with Crippen molar-refractivity contribution in [3.63, 3.8) is 0 Å². The van der Waals surface area contributed by atoms with Crippen LogP contribution in [0.1, 0.15) is 18.2 Å². The summed E-state index contributed by atoms with van der Waals surface area (Å²) in [5, 5.41) is 0. The first-order valence-corrected chi connectivity index (χ1v) is 4.21. The molecule has 1 aliphatic rings. The molecular weight excluding hydrogens is 164 g/mol. The summed E-state index contributed by atoms with van der Waals surface area (Å²) in [6.45, 7) is 2.06. The summed E-state index contributed by atoms with van der Waals surface area (Å²) in [5.41, 5.74) is 1.30. The van der Waals surface area contributed by atoms with E-state index >= 15 is 0 Å².